The average Bonchev–Trinajstić information content (AvgIpc) is 3.82. The van der Waals surface area contributed by atoms with Gasteiger partial charge in [-0.2, -0.15) is 0 Å². The lowest BCUT2D eigenvalue weighted by atomic mass is 9.87. The first-order valence-corrected chi connectivity index (χ1v) is 21.7. The molecule has 2 nitrogen and oxygen atoms in total. The van der Waals surface area contributed by atoms with Gasteiger partial charge in [-0.1, -0.05) is 178 Å². The quantitative estimate of drug-likeness (QED) is 0.0973. The zero-order valence-electron chi connectivity index (χ0n) is 34.6. The molecular formula is C58H48N2. The number of hydrogen-bond acceptors (Lipinski definition) is 1. The SMILES string of the molecule is CCC(C)C(/N=C(/c1cccc(-c2ccccc2)c1)c1ccccc1C)n1c2cccc3c4ccc5c(c4c4cccc1c4c32)-c1ccccc1C5CCc1ccccc1. The van der Waals surface area contributed by atoms with Gasteiger partial charge in [-0.05, 0) is 116 Å². The Morgan fingerprint density at radius 1 is 0.583 bits per heavy atom. The van der Waals surface area contributed by atoms with E-state index >= 15 is 0 Å². The summed E-state index contributed by atoms with van der Waals surface area (Å²) in [6.45, 7) is 6.90. The Morgan fingerprint density at radius 3 is 2.02 bits per heavy atom. The molecule has 0 amide bonds. The van der Waals surface area contributed by atoms with Crippen LogP contribution in [-0.4, -0.2) is 10.3 Å². The summed E-state index contributed by atoms with van der Waals surface area (Å²) in [5.41, 5.74) is 16.6. The van der Waals surface area contributed by atoms with E-state index in [0.717, 1.165) is 30.5 Å². The van der Waals surface area contributed by atoms with Crippen molar-refractivity contribution in [3.05, 3.63) is 215 Å². The minimum absolute atomic E-state index is 0.148. The van der Waals surface area contributed by atoms with E-state index in [0.29, 0.717) is 5.92 Å². The highest BCUT2D eigenvalue weighted by atomic mass is 15.1. The first-order valence-electron chi connectivity index (χ1n) is 21.7. The van der Waals surface area contributed by atoms with Crippen LogP contribution in [0.4, 0.5) is 0 Å². The van der Waals surface area contributed by atoms with Crippen molar-refractivity contribution in [3.63, 3.8) is 0 Å². The number of rotatable bonds is 10. The summed E-state index contributed by atoms with van der Waals surface area (Å²) in [6, 6.07) is 67.5. The van der Waals surface area contributed by atoms with Crippen LogP contribution in [0.1, 0.15) is 72.2 Å². The highest BCUT2D eigenvalue weighted by Gasteiger charge is 2.33. The predicted molar refractivity (Wildman–Crippen MR) is 255 cm³/mol. The topological polar surface area (TPSA) is 17.3 Å². The minimum atomic E-state index is -0.148. The second kappa shape index (κ2) is 14.8. The van der Waals surface area contributed by atoms with Crippen LogP contribution in [0.3, 0.4) is 0 Å². The molecule has 1 heterocycles. The van der Waals surface area contributed by atoms with Gasteiger partial charge in [0.1, 0.15) is 6.17 Å². The molecule has 0 radical (unpaired) electrons. The molecule has 0 N–H and O–H groups in total. The van der Waals surface area contributed by atoms with E-state index < -0.39 is 0 Å². The van der Waals surface area contributed by atoms with Gasteiger partial charge in [-0.25, -0.2) is 0 Å². The van der Waals surface area contributed by atoms with Crippen molar-refractivity contribution in [2.45, 2.75) is 52.1 Å². The molecule has 9 aromatic carbocycles. The number of aromatic nitrogens is 1. The van der Waals surface area contributed by atoms with E-state index in [1.54, 1.807) is 0 Å². The standard InChI is InChI=1S/C58H48N2/c1-4-37(2)58(59-57(43-25-12-11-18-38(43)3)42-24-15-23-41(36-42)40-21-9-6-10-22-40)60-51-30-16-28-47-49-35-34-48-45(33-32-39-19-7-5-8-20-39)44-26-13-14-27-46(44)53(48)54(49)50-29-17-31-52(60)56(50)55(47)51/h5-31,34-37,45,58H,4,32-33H2,1-3H3/b59-57-. The number of hydrogen-bond donors (Lipinski definition) is 0. The molecule has 0 saturated heterocycles. The molecule has 3 atom stereocenters. The van der Waals surface area contributed by atoms with Crippen LogP contribution in [0.15, 0.2) is 187 Å². The molecule has 1 aliphatic rings. The summed E-state index contributed by atoms with van der Waals surface area (Å²) in [5, 5.41) is 8.06. The maximum absolute atomic E-state index is 5.98. The number of nitrogens with zero attached hydrogens (tertiary/aromatic N) is 2. The predicted octanol–water partition coefficient (Wildman–Crippen LogP) is 15.3. The molecular weight excluding hydrogens is 725 g/mol. The molecule has 0 aliphatic heterocycles. The molecule has 0 spiro atoms. The molecule has 3 unspecified atom stereocenters. The van der Waals surface area contributed by atoms with Gasteiger partial charge in [-0.3, -0.25) is 4.99 Å². The van der Waals surface area contributed by atoms with Crippen LogP contribution < -0.4 is 0 Å². The van der Waals surface area contributed by atoms with Gasteiger partial charge >= 0.3 is 0 Å². The Labute approximate surface area is 352 Å². The Hall–Kier alpha value is -6.77. The molecule has 0 bridgehead atoms. The van der Waals surface area contributed by atoms with Gasteiger partial charge in [-0.15, -0.1) is 0 Å². The molecule has 1 aromatic heterocycles. The first kappa shape index (κ1) is 36.3. The number of fused-ring (bicyclic) bond motifs is 7. The van der Waals surface area contributed by atoms with Crippen molar-refractivity contribution in [2.75, 3.05) is 0 Å². The normalized spacial score (nSPS) is 14.9. The minimum Gasteiger partial charge on any atom is -0.317 e. The summed E-state index contributed by atoms with van der Waals surface area (Å²) in [7, 11) is 0. The lowest BCUT2D eigenvalue weighted by Gasteiger charge is -2.25. The third-order valence-corrected chi connectivity index (χ3v) is 13.5. The Morgan fingerprint density at radius 2 is 1.23 bits per heavy atom. The summed E-state index contributed by atoms with van der Waals surface area (Å²) in [5.74, 6) is 0.615. The highest BCUT2D eigenvalue weighted by Crippen LogP contribution is 2.54. The van der Waals surface area contributed by atoms with E-state index in [4.69, 9.17) is 4.99 Å². The van der Waals surface area contributed by atoms with E-state index in [9.17, 15) is 0 Å². The smallest absolute Gasteiger partial charge is 0.128 e. The molecule has 11 rings (SSSR count). The highest BCUT2D eigenvalue weighted by molar-refractivity contribution is 6.36. The summed E-state index contributed by atoms with van der Waals surface area (Å²) in [6.07, 6.45) is 2.98. The van der Waals surface area contributed by atoms with E-state index in [1.165, 1.54) is 93.4 Å². The first-order chi connectivity index (χ1) is 29.6. The van der Waals surface area contributed by atoms with Crippen molar-refractivity contribution >= 4 is 49.1 Å². The summed E-state index contributed by atoms with van der Waals surface area (Å²) >= 11 is 0. The van der Waals surface area contributed by atoms with Crippen LogP contribution in [0.2, 0.25) is 0 Å². The summed E-state index contributed by atoms with van der Waals surface area (Å²) < 4.78 is 2.59. The Bertz CT molecular complexity index is 3220. The maximum Gasteiger partial charge on any atom is 0.128 e. The van der Waals surface area contributed by atoms with Crippen molar-refractivity contribution in [2.24, 2.45) is 10.9 Å². The lowest BCUT2D eigenvalue weighted by Crippen LogP contribution is -2.18. The molecule has 1 aliphatic carbocycles. The lowest BCUT2D eigenvalue weighted by molar-refractivity contribution is 0.372. The van der Waals surface area contributed by atoms with Gasteiger partial charge in [0.15, 0.2) is 0 Å². The molecule has 2 heteroatoms. The van der Waals surface area contributed by atoms with Crippen molar-refractivity contribution in [1.82, 2.24) is 4.57 Å². The zero-order chi connectivity index (χ0) is 40.3. The fraction of sp³-hybridized carbons (Fsp3) is 0.155. The fourth-order valence-corrected chi connectivity index (χ4v) is 10.4. The van der Waals surface area contributed by atoms with Crippen molar-refractivity contribution in [3.8, 4) is 22.3 Å². The van der Waals surface area contributed by atoms with E-state index in [-0.39, 0.29) is 12.1 Å². The molecule has 10 aromatic rings. The van der Waals surface area contributed by atoms with Crippen LogP contribution in [-0.2, 0) is 6.42 Å². The molecule has 0 fully saturated rings. The largest absolute Gasteiger partial charge is 0.317 e. The van der Waals surface area contributed by atoms with Gasteiger partial charge in [0.05, 0.1) is 16.7 Å². The average molecular weight is 773 g/mol. The Balaban J connectivity index is 1.16. The van der Waals surface area contributed by atoms with E-state index in [1.807, 2.05) is 0 Å². The van der Waals surface area contributed by atoms with Crippen LogP contribution in [0.25, 0.3) is 65.6 Å². The van der Waals surface area contributed by atoms with Gasteiger partial charge in [0.25, 0.3) is 0 Å². The van der Waals surface area contributed by atoms with E-state index in [2.05, 4.69) is 207 Å². The summed E-state index contributed by atoms with van der Waals surface area (Å²) in [4.78, 5) is 5.98. The van der Waals surface area contributed by atoms with Crippen LogP contribution in [0, 0.1) is 12.8 Å². The monoisotopic (exact) mass is 772 g/mol. The Kier molecular flexibility index (Phi) is 8.96. The molecule has 290 valence electrons. The van der Waals surface area contributed by atoms with Crippen molar-refractivity contribution < 1.29 is 0 Å². The maximum atomic E-state index is 5.98. The van der Waals surface area contributed by atoms with Crippen molar-refractivity contribution in [1.29, 1.82) is 0 Å². The van der Waals surface area contributed by atoms with Gasteiger partial charge in [0, 0.05) is 27.8 Å². The number of aliphatic imine (C=N–C) groups is 1. The van der Waals surface area contributed by atoms with Crippen LogP contribution >= 0.6 is 0 Å². The second-order valence-electron chi connectivity index (χ2n) is 16.9. The van der Waals surface area contributed by atoms with Crippen LogP contribution in [0.5, 0.6) is 0 Å². The second-order valence-corrected chi connectivity index (χ2v) is 16.9. The van der Waals surface area contributed by atoms with Gasteiger partial charge < -0.3 is 4.57 Å². The zero-order valence-corrected chi connectivity index (χ0v) is 34.6. The number of aryl methyl sites for hydroxylation is 2. The number of benzene rings is 9. The third kappa shape index (κ3) is 5.80. The van der Waals surface area contributed by atoms with Gasteiger partial charge in [0.2, 0.25) is 0 Å². The molecule has 60 heavy (non-hydrogen) atoms. The third-order valence-electron chi connectivity index (χ3n) is 13.5. The molecule has 0 saturated carbocycles. The fourth-order valence-electron chi connectivity index (χ4n) is 10.4.